The number of nitrogens with two attached hydrogens (primary N) is 1. The number of benzene rings is 1. The maximum Gasteiger partial charge on any atom is 0.108 e. The molecule has 2 nitrogen and oxygen atoms in total. The Morgan fingerprint density at radius 3 is 2.29 bits per heavy atom. The van der Waals surface area contributed by atoms with Crippen LogP contribution in [-0.4, -0.2) is 4.98 Å². The lowest BCUT2D eigenvalue weighted by Gasteiger charge is -2.09. The lowest BCUT2D eigenvalue weighted by Crippen LogP contribution is -1.96. The van der Waals surface area contributed by atoms with Crippen molar-refractivity contribution in [1.29, 1.82) is 0 Å². The van der Waals surface area contributed by atoms with Gasteiger partial charge in [-0.25, -0.2) is 4.98 Å². The van der Waals surface area contributed by atoms with Crippen LogP contribution in [0.1, 0.15) is 21.7 Å². The standard InChI is InChI=1S/C13H15BrN2S/c1-7-4-8(2)11(9(3)5-7)12-13(14)17-10(6-15)16-12/h4-5H,6,15H2,1-3H3. The highest BCUT2D eigenvalue weighted by Crippen LogP contribution is 2.36. The van der Waals surface area contributed by atoms with Crippen LogP contribution >= 0.6 is 27.3 Å². The molecule has 0 bridgehead atoms. The molecule has 4 heteroatoms. The molecule has 0 spiro atoms. The molecule has 2 N–H and O–H groups in total. The highest BCUT2D eigenvalue weighted by atomic mass is 79.9. The Labute approximate surface area is 114 Å². The van der Waals surface area contributed by atoms with E-state index < -0.39 is 0 Å². The van der Waals surface area contributed by atoms with Crippen molar-refractivity contribution in [2.24, 2.45) is 5.73 Å². The molecule has 0 fully saturated rings. The molecule has 2 rings (SSSR count). The summed E-state index contributed by atoms with van der Waals surface area (Å²) in [7, 11) is 0. The average Bonchev–Trinajstić information content (AvgIpc) is 2.59. The second kappa shape index (κ2) is 4.88. The fourth-order valence-corrected chi connectivity index (χ4v) is 3.66. The fraction of sp³-hybridized carbons (Fsp3) is 0.308. The Morgan fingerprint density at radius 2 is 1.82 bits per heavy atom. The molecule has 0 saturated heterocycles. The molecule has 17 heavy (non-hydrogen) atoms. The summed E-state index contributed by atoms with van der Waals surface area (Å²) in [6.07, 6.45) is 0. The molecule has 0 saturated carbocycles. The minimum absolute atomic E-state index is 0.493. The number of nitrogens with zero attached hydrogens (tertiary/aromatic N) is 1. The van der Waals surface area contributed by atoms with E-state index in [0.717, 1.165) is 14.5 Å². The Bertz CT molecular complexity index is 538. The molecule has 0 aliphatic carbocycles. The van der Waals surface area contributed by atoms with Crippen molar-refractivity contribution in [3.8, 4) is 11.3 Å². The lowest BCUT2D eigenvalue weighted by molar-refractivity contribution is 1.04. The third-order valence-electron chi connectivity index (χ3n) is 2.72. The predicted molar refractivity (Wildman–Crippen MR) is 77.4 cm³/mol. The van der Waals surface area contributed by atoms with E-state index in [0.29, 0.717) is 6.54 Å². The molecule has 0 aliphatic heterocycles. The molecule has 90 valence electrons. The molecule has 0 radical (unpaired) electrons. The van der Waals surface area contributed by atoms with Crippen LogP contribution in [0.2, 0.25) is 0 Å². The van der Waals surface area contributed by atoms with Gasteiger partial charge in [-0.05, 0) is 47.8 Å². The number of halogens is 1. The quantitative estimate of drug-likeness (QED) is 0.912. The van der Waals surface area contributed by atoms with Crippen LogP contribution < -0.4 is 5.73 Å². The smallest absolute Gasteiger partial charge is 0.108 e. The predicted octanol–water partition coefficient (Wildman–Crippen LogP) is 3.96. The summed E-state index contributed by atoms with van der Waals surface area (Å²) in [6.45, 7) is 6.87. The summed E-state index contributed by atoms with van der Waals surface area (Å²) < 4.78 is 1.06. The Morgan fingerprint density at radius 1 is 1.24 bits per heavy atom. The second-order valence-electron chi connectivity index (χ2n) is 4.21. The molecular formula is C13H15BrN2S. The van der Waals surface area contributed by atoms with Gasteiger partial charge in [-0.15, -0.1) is 11.3 Å². The number of aryl methyl sites for hydroxylation is 3. The van der Waals surface area contributed by atoms with E-state index in [9.17, 15) is 0 Å². The first kappa shape index (κ1) is 12.7. The highest BCUT2D eigenvalue weighted by Gasteiger charge is 2.14. The van der Waals surface area contributed by atoms with E-state index in [1.165, 1.54) is 22.3 Å². The Hall–Kier alpha value is -0.710. The van der Waals surface area contributed by atoms with Crippen LogP contribution in [0.25, 0.3) is 11.3 Å². The van der Waals surface area contributed by atoms with Crippen LogP contribution in [-0.2, 0) is 6.54 Å². The number of hydrogen-bond acceptors (Lipinski definition) is 3. The van der Waals surface area contributed by atoms with E-state index in [1.54, 1.807) is 11.3 Å². The summed E-state index contributed by atoms with van der Waals surface area (Å²) in [4.78, 5) is 4.60. The monoisotopic (exact) mass is 310 g/mol. The van der Waals surface area contributed by atoms with Crippen molar-refractivity contribution in [3.05, 3.63) is 37.6 Å². The Balaban J connectivity index is 2.63. The van der Waals surface area contributed by atoms with Crippen molar-refractivity contribution in [2.45, 2.75) is 27.3 Å². The first-order valence-corrected chi connectivity index (χ1v) is 7.07. The first-order chi connectivity index (χ1) is 8.02. The normalized spacial score (nSPS) is 10.9. The Kier molecular flexibility index (Phi) is 3.66. The van der Waals surface area contributed by atoms with Gasteiger partial charge in [0.25, 0.3) is 0 Å². The van der Waals surface area contributed by atoms with Gasteiger partial charge in [0.1, 0.15) is 5.01 Å². The summed E-state index contributed by atoms with van der Waals surface area (Å²) in [5.41, 5.74) is 11.7. The number of aromatic nitrogens is 1. The van der Waals surface area contributed by atoms with Gasteiger partial charge in [-0.3, -0.25) is 0 Å². The molecule has 1 heterocycles. The van der Waals surface area contributed by atoms with E-state index >= 15 is 0 Å². The molecule has 0 amide bonds. The van der Waals surface area contributed by atoms with Gasteiger partial charge in [-0.2, -0.15) is 0 Å². The first-order valence-electron chi connectivity index (χ1n) is 5.46. The third-order valence-corrected chi connectivity index (χ3v) is 4.45. The van der Waals surface area contributed by atoms with Crippen molar-refractivity contribution < 1.29 is 0 Å². The molecular weight excluding hydrogens is 296 g/mol. The maximum atomic E-state index is 5.64. The highest BCUT2D eigenvalue weighted by molar-refractivity contribution is 9.11. The second-order valence-corrected chi connectivity index (χ2v) is 6.61. The molecule has 2 aromatic rings. The molecule has 1 aromatic carbocycles. The van der Waals surface area contributed by atoms with Crippen molar-refractivity contribution in [3.63, 3.8) is 0 Å². The zero-order valence-corrected chi connectivity index (χ0v) is 12.6. The molecule has 1 aromatic heterocycles. The van der Waals surface area contributed by atoms with Gasteiger partial charge in [0.15, 0.2) is 0 Å². The van der Waals surface area contributed by atoms with E-state index in [1.807, 2.05) is 0 Å². The van der Waals surface area contributed by atoms with Crippen LogP contribution in [0.4, 0.5) is 0 Å². The minimum Gasteiger partial charge on any atom is -0.325 e. The van der Waals surface area contributed by atoms with Crippen LogP contribution in [0.15, 0.2) is 15.9 Å². The zero-order valence-electron chi connectivity index (χ0n) is 10.2. The summed E-state index contributed by atoms with van der Waals surface area (Å²) in [6, 6.07) is 4.38. The maximum absolute atomic E-state index is 5.64. The van der Waals surface area contributed by atoms with Crippen LogP contribution in [0, 0.1) is 20.8 Å². The summed E-state index contributed by atoms with van der Waals surface area (Å²) in [5.74, 6) is 0. The van der Waals surface area contributed by atoms with Gasteiger partial charge in [0.2, 0.25) is 0 Å². The lowest BCUT2D eigenvalue weighted by atomic mass is 9.98. The number of rotatable bonds is 2. The van der Waals surface area contributed by atoms with E-state index in [-0.39, 0.29) is 0 Å². The van der Waals surface area contributed by atoms with Crippen LogP contribution in [0.3, 0.4) is 0 Å². The largest absolute Gasteiger partial charge is 0.325 e. The van der Waals surface area contributed by atoms with Gasteiger partial charge in [-0.1, -0.05) is 17.7 Å². The number of hydrogen-bond donors (Lipinski definition) is 1. The SMILES string of the molecule is Cc1cc(C)c(-c2nc(CN)sc2Br)c(C)c1. The average molecular weight is 311 g/mol. The van der Waals surface area contributed by atoms with Gasteiger partial charge < -0.3 is 5.73 Å². The van der Waals surface area contributed by atoms with Gasteiger partial charge >= 0.3 is 0 Å². The van der Waals surface area contributed by atoms with E-state index in [4.69, 9.17) is 5.73 Å². The topological polar surface area (TPSA) is 38.9 Å². The third kappa shape index (κ3) is 2.44. The summed E-state index contributed by atoms with van der Waals surface area (Å²) in [5, 5.41) is 0.964. The van der Waals surface area contributed by atoms with E-state index in [2.05, 4.69) is 53.8 Å². The van der Waals surface area contributed by atoms with Crippen LogP contribution in [0.5, 0.6) is 0 Å². The molecule has 0 aliphatic rings. The zero-order chi connectivity index (χ0) is 12.6. The fourth-order valence-electron chi connectivity index (χ4n) is 2.14. The molecule has 0 atom stereocenters. The van der Waals surface area contributed by atoms with Crippen molar-refractivity contribution in [2.75, 3.05) is 0 Å². The number of thiazole rings is 1. The molecule has 0 unspecified atom stereocenters. The minimum atomic E-state index is 0.493. The van der Waals surface area contributed by atoms with Gasteiger partial charge in [0, 0.05) is 12.1 Å². The summed E-state index contributed by atoms with van der Waals surface area (Å²) >= 11 is 5.19. The van der Waals surface area contributed by atoms with Crippen molar-refractivity contribution in [1.82, 2.24) is 4.98 Å². The van der Waals surface area contributed by atoms with Gasteiger partial charge in [0.05, 0.1) is 9.48 Å². The van der Waals surface area contributed by atoms with Crippen molar-refractivity contribution >= 4 is 27.3 Å².